The van der Waals surface area contributed by atoms with Crippen molar-refractivity contribution in [3.8, 4) is 0 Å². The van der Waals surface area contributed by atoms with Crippen LogP contribution in [0.4, 0.5) is 33.2 Å². The van der Waals surface area contributed by atoms with E-state index < -0.39 is 0 Å². The van der Waals surface area contributed by atoms with Crippen LogP contribution in [-0.4, -0.2) is 21.1 Å². The van der Waals surface area contributed by atoms with E-state index in [4.69, 9.17) is 0 Å². The summed E-state index contributed by atoms with van der Waals surface area (Å²) >= 11 is 0. The number of benzene rings is 2. The maximum Gasteiger partial charge on any atom is 0.249 e. The Hall–Kier alpha value is -3.55. The van der Waals surface area contributed by atoms with E-state index in [-0.39, 0.29) is 17.7 Å². The monoisotopic (exact) mass is 338 g/mol. The first-order valence-electron chi connectivity index (χ1n) is 7.45. The molecule has 0 saturated carbocycles. The molecular weight excluding hydrogens is 323 g/mol. The van der Waals surface area contributed by atoms with Gasteiger partial charge < -0.3 is 16.0 Å². The third-order valence-corrected chi connectivity index (χ3v) is 3.11. The SMILES string of the molecule is CC(=O)Nc1cccc(Nc2cnnc(Nc3ccc(F)cc3)n2)c1. The largest absolute Gasteiger partial charge is 0.339 e. The average Bonchev–Trinajstić information content (AvgIpc) is 2.57. The van der Waals surface area contributed by atoms with Gasteiger partial charge in [0.15, 0.2) is 5.82 Å². The van der Waals surface area contributed by atoms with Crippen LogP contribution < -0.4 is 16.0 Å². The lowest BCUT2D eigenvalue weighted by Crippen LogP contribution is -2.06. The topological polar surface area (TPSA) is 91.8 Å². The zero-order valence-corrected chi connectivity index (χ0v) is 13.3. The molecule has 0 aliphatic rings. The van der Waals surface area contributed by atoms with Crippen molar-refractivity contribution in [2.24, 2.45) is 0 Å². The second kappa shape index (κ2) is 7.35. The van der Waals surface area contributed by atoms with Gasteiger partial charge in [-0.2, -0.15) is 10.1 Å². The standard InChI is InChI=1S/C17H15FN6O/c1-11(25)20-14-3-2-4-15(9-14)21-16-10-19-24-17(23-16)22-13-7-5-12(18)6-8-13/h2-10H,1H3,(H,20,25)(H2,21,22,23,24). The number of rotatable bonds is 5. The van der Waals surface area contributed by atoms with E-state index in [2.05, 4.69) is 31.1 Å². The second-order valence-corrected chi connectivity index (χ2v) is 5.18. The van der Waals surface area contributed by atoms with Crippen LogP contribution in [-0.2, 0) is 4.79 Å². The Labute approximate surface area is 143 Å². The normalized spacial score (nSPS) is 10.2. The highest BCUT2D eigenvalue weighted by atomic mass is 19.1. The quantitative estimate of drug-likeness (QED) is 0.660. The summed E-state index contributed by atoms with van der Waals surface area (Å²) in [7, 11) is 0. The van der Waals surface area contributed by atoms with Gasteiger partial charge >= 0.3 is 0 Å². The molecule has 126 valence electrons. The van der Waals surface area contributed by atoms with E-state index in [1.54, 1.807) is 30.3 Å². The third kappa shape index (κ3) is 4.71. The molecule has 0 atom stereocenters. The smallest absolute Gasteiger partial charge is 0.249 e. The number of nitrogens with one attached hydrogen (secondary N) is 3. The molecule has 1 amide bonds. The molecule has 0 unspecified atom stereocenters. The number of anilines is 5. The van der Waals surface area contributed by atoms with Crippen molar-refractivity contribution in [2.45, 2.75) is 6.92 Å². The minimum Gasteiger partial charge on any atom is -0.339 e. The van der Waals surface area contributed by atoms with Gasteiger partial charge in [-0.3, -0.25) is 4.79 Å². The van der Waals surface area contributed by atoms with Crippen molar-refractivity contribution in [2.75, 3.05) is 16.0 Å². The first kappa shape index (κ1) is 16.3. The zero-order chi connectivity index (χ0) is 17.6. The average molecular weight is 338 g/mol. The minimum absolute atomic E-state index is 0.147. The second-order valence-electron chi connectivity index (χ2n) is 5.18. The number of carbonyl (C=O) groups is 1. The number of amides is 1. The van der Waals surface area contributed by atoms with Gasteiger partial charge in [0.05, 0.1) is 6.20 Å². The predicted molar refractivity (Wildman–Crippen MR) is 93.5 cm³/mol. The van der Waals surface area contributed by atoms with Gasteiger partial charge in [0.2, 0.25) is 11.9 Å². The zero-order valence-electron chi connectivity index (χ0n) is 13.3. The summed E-state index contributed by atoms with van der Waals surface area (Å²) < 4.78 is 12.9. The van der Waals surface area contributed by atoms with Crippen molar-refractivity contribution in [1.29, 1.82) is 0 Å². The van der Waals surface area contributed by atoms with Crippen LogP contribution in [0.2, 0.25) is 0 Å². The number of hydrogen-bond donors (Lipinski definition) is 3. The fourth-order valence-corrected chi connectivity index (χ4v) is 2.10. The van der Waals surface area contributed by atoms with Crippen LogP contribution in [0, 0.1) is 5.82 Å². The highest BCUT2D eigenvalue weighted by Crippen LogP contribution is 2.20. The lowest BCUT2D eigenvalue weighted by atomic mass is 10.2. The summed E-state index contributed by atoms with van der Waals surface area (Å²) in [6.45, 7) is 1.45. The first-order chi connectivity index (χ1) is 12.1. The molecule has 0 radical (unpaired) electrons. The fourth-order valence-electron chi connectivity index (χ4n) is 2.10. The van der Waals surface area contributed by atoms with Crippen molar-refractivity contribution in [3.05, 3.63) is 60.5 Å². The van der Waals surface area contributed by atoms with E-state index >= 15 is 0 Å². The lowest BCUT2D eigenvalue weighted by Gasteiger charge is -2.09. The Bertz CT molecular complexity index is 884. The van der Waals surface area contributed by atoms with E-state index in [1.807, 2.05) is 6.07 Å². The van der Waals surface area contributed by atoms with Crippen LogP contribution in [0.3, 0.4) is 0 Å². The van der Waals surface area contributed by atoms with Crippen LogP contribution in [0.15, 0.2) is 54.7 Å². The minimum atomic E-state index is -0.320. The summed E-state index contributed by atoms with van der Waals surface area (Å²) in [6.07, 6.45) is 1.47. The van der Waals surface area contributed by atoms with Crippen molar-refractivity contribution >= 4 is 34.7 Å². The Morgan fingerprint density at radius 3 is 2.52 bits per heavy atom. The lowest BCUT2D eigenvalue weighted by molar-refractivity contribution is -0.114. The molecule has 8 heteroatoms. The van der Waals surface area contributed by atoms with Crippen LogP contribution in [0.5, 0.6) is 0 Å². The molecule has 7 nitrogen and oxygen atoms in total. The maximum absolute atomic E-state index is 12.9. The van der Waals surface area contributed by atoms with Gasteiger partial charge in [-0.25, -0.2) is 4.39 Å². The molecule has 0 bridgehead atoms. The summed E-state index contributed by atoms with van der Waals surface area (Å²) in [5, 5.41) is 16.5. The highest BCUT2D eigenvalue weighted by molar-refractivity contribution is 5.89. The van der Waals surface area contributed by atoms with Crippen LogP contribution >= 0.6 is 0 Å². The Morgan fingerprint density at radius 2 is 1.76 bits per heavy atom. The van der Waals surface area contributed by atoms with Crippen LogP contribution in [0.25, 0.3) is 0 Å². The number of nitrogens with zero attached hydrogens (tertiary/aromatic N) is 3. The molecular formula is C17H15FN6O. The van der Waals surface area contributed by atoms with Gasteiger partial charge in [-0.15, -0.1) is 5.10 Å². The number of halogens is 1. The number of aromatic nitrogens is 3. The molecule has 1 aromatic heterocycles. The van der Waals surface area contributed by atoms with E-state index in [9.17, 15) is 9.18 Å². The van der Waals surface area contributed by atoms with Gasteiger partial charge in [0.1, 0.15) is 5.82 Å². The molecule has 2 aromatic carbocycles. The molecule has 3 aromatic rings. The van der Waals surface area contributed by atoms with Crippen LogP contribution in [0.1, 0.15) is 6.92 Å². The Morgan fingerprint density at radius 1 is 1.00 bits per heavy atom. The maximum atomic E-state index is 12.9. The van der Waals surface area contributed by atoms with Gasteiger partial charge in [-0.05, 0) is 42.5 Å². The van der Waals surface area contributed by atoms with Crippen molar-refractivity contribution in [1.82, 2.24) is 15.2 Å². The fraction of sp³-hybridized carbons (Fsp3) is 0.0588. The molecule has 0 spiro atoms. The molecule has 3 N–H and O–H groups in total. The molecule has 3 rings (SSSR count). The molecule has 0 aliphatic carbocycles. The third-order valence-electron chi connectivity index (χ3n) is 3.11. The molecule has 0 fully saturated rings. The summed E-state index contributed by atoms with van der Waals surface area (Å²) in [4.78, 5) is 15.4. The summed E-state index contributed by atoms with van der Waals surface area (Å²) in [6, 6.07) is 13.0. The van der Waals surface area contributed by atoms with E-state index in [0.29, 0.717) is 17.2 Å². The Kier molecular flexibility index (Phi) is 4.79. The van der Waals surface area contributed by atoms with Gasteiger partial charge in [-0.1, -0.05) is 6.07 Å². The molecule has 25 heavy (non-hydrogen) atoms. The first-order valence-corrected chi connectivity index (χ1v) is 7.45. The highest BCUT2D eigenvalue weighted by Gasteiger charge is 2.04. The van der Waals surface area contributed by atoms with Gasteiger partial charge in [0, 0.05) is 24.0 Å². The van der Waals surface area contributed by atoms with Crippen molar-refractivity contribution < 1.29 is 9.18 Å². The van der Waals surface area contributed by atoms with Crippen molar-refractivity contribution in [3.63, 3.8) is 0 Å². The summed E-state index contributed by atoms with van der Waals surface area (Å²) in [5.74, 6) is 0.278. The molecule has 0 aliphatic heterocycles. The molecule has 1 heterocycles. The number of carbonyl (C=O) groups excluding carboxylic acids is 1. The number of hydrogen-bond acceptors (Lipinski definition) is 6. The summed E-state index contributed by atoms with van der Waals surface area (Å²) in [5.41, 5.74) is 2.05. The predicted octanol–water partition coefficient (Wildman–Crippen LogP) is 3.46. The van der Waals surface area contributed by atoms with E-state index in [0.717, 1.165) is 5.69 Å². The Balaban J connectivity index is 1.73. The van der Waals surface area contributed by atoms with Gasteiger partial charge in [0.25, 0.3) is 0 Å². The van der Waals surface area contributed by atoms with E-state index in [1.165, 1.54) is 25.3 Å². The molecule has 0 saturated heterocycles.